The summed E-state index contributed by atoms with van der Waals surface area (Å²) in [5, 5.41) is 12.4. The molecule has 0 saturated carbocycles. The van der Waals surface area contributed by atoms with Gasteiger partial charge in [-0.2, -0.15) is 0 Å². The number of hydrogen-bond donors (Lipinski definition) is 1. The van der Waals surface area contributed by atoms with Crippen LogP contribution >= 0.6 is 0 Å². The van der Waals surface area contributed by atoms with Gasteiger partial charge in [0.2, 0.25) is 0 Å². The van der Waals surface area contributed by atoms with Gasteiger partial charge in [0.1, 0.15) is 5.75 Å². The Labute approximate surface area is 141 Å². The van der Waals surface area contributed by atoms with Crippen molar-refractivity contribution in [1.82, 2.24) is 0 Å². The fraction of sp³-hybridized carbons (Fsp3) is 0.238. The second-order valence-electron chi connectivity index (χ2n) is 6.59. The highest BCUT2D eigenvalue weighted by atomic mass is 16.5. The second-order valence-corrected chi connectivity index (χ2v) is 6.59. The quantitative estimate of drug-likeness (QED) is 0.577. The van der Waals surface area contributed by atoms with Crippen LogP contribution in [0.15, 0.2) is 48.5 Å². The van der Waals surface area contributed by atoms with Crippen LogP contribution in [-0.2, 0) is 11.2 Å². The van der Waals surface area contributed by atoms with Crippen LogP contribution < -0.4 is 4.90 Å². The van der Waals surface area contributed by atoms with Crippen LogP contribution in [0.1, 0.15) is 11.1 Å². The first-order valence-corrected chi connectivity index (χ1v) is 8.51. The number of benzene rings is 3. The van der Waals surface area contributed by atoms with Crippen LogP contribution in [0.3, 0.4) is 0 Å². The van der Waals surface area contributed by atoms with E-state index in [0.717, 1.165) is 43.5 Å². The van der Waals surface area contributed by atoms with E-state index in [1.165, 1.54) is 27.9 Å². The van der Waals surface area contributed by atoms with Gasteiger partial charge in [-0.05, 0) is 52.3 Å². The number of phenols is 1. The van der Waals surface area contributed by atoms with E-state index in [1.807, 2.05) is 24.3 Å². The van der Waals surface area contributed by atoms with Gasteiger partial charge in [0, 0.05) is 24.2 Å². The average molecular weight is 317 g/mol. The largest absolute Gasteiger partial charge is 0.507 e. The number of phenolic OH excluding ortho intramolecular Hbond substituents is 1. The van der Waals surface area contributed by atoms with Crippen molar-refractivity contribution in [3.63, 3.8) is 0 Å². The van der Waals surface area contributed by atoms with Gasteiger partial charge in [0.05, 0.1) is 13.2 Å². The Bertz CT molecular complexity index is 942. The number of aromatic hydroxyl groups is 1. The smallest absolute Gasteiger partial charge is 0.123 e. The molecule has 1 fully saturated rings. The van der Waals surface area contributed by atoms with Crippen molar-refractivity contribution < 1.29 is 9.84 Å². The maximum absolute atomic E-state index is 10.4. The predicted molar refractivity (Wildman–Crippen MR) is 96.9 cm³/mol. The first-order chi connectivity index (χ1) is 11.8. The Hall–Kier alpha value is -2.52. The monoisotopic (exact) mass is 317 g/mol. The van der Waals surface area contributed by atoms with Crippen molar-refractivity contribution in [3.05, 3.63) is 59.7 Å². The van der Waals surface area contributed by atoms with Crippen molar-refractivity contribution in [1.29, 1.82) is 0 Å². The number of ether oxygens (including phenoxy) is 1. The topological polar surface area (TPSA) is 32.7 Å². The lowest BCUT2D eigenvalue weighted by Crippen LogP contribution is -2.36. The van der Waals surface area contributed by atoms with Crippen molar-refractivity contribution in [2.75, 3.05) is 31.2 Å². The molecule has 2 aliphatic rings. The third-order valence-electron chi connectivity index (χ3n) is 5.22. The number of nitrogens with zero attached hydrogens (tertiary/aromatic N) is 1. The van der Waals surface area contributed by atoms with Gasteiger partial charge >= 0.3 is 0 Å². The van der Waals surface area contributed by atoms with Crippen LogP contribution in [-0.4, -0.2) is 31.4 Å². The number of fused-ring (bicyclic) bond motifs is 5. The Morgan fingerprint density at radius 3 is 2.50 bits per heavy atom. The highest BCUT2D eigenvalue weighted by Gasteiger charge is 2.23. The summed E-state index contributed by atoms with van der Waals surface area (Å²) in [6.45, 7) is 3.51. The molecule has 0 unspecified atom stereocenters. The highest BCUT2D eigenvalue weighted by Crippen LogP contribution is 2.45. The summed E-state index contributed by atoms with van der Waals surface area (Å²) < 4.78 is 5.46. The maximum Gasteiger partial charge on any atom is 0.123 e. The third kappa shape index (κ3) is 2.01. The number of hydrogen-bond acceptors (Lipinski definition) is 3. The minimum absolute atomic E-state index is 0.380. The first-order valence-electron chi connectivity index (χ1n) is 8.51. The van der Waals surface area contributed by atoms with Gasteiger partial charge in [0.25, 0.3) is 0 Å². The van der Waals surface area contributed by atoms with Gasteiger partial charge in [0.15, 0.2) is 0 Å². The molecule has 3 heteroatoms. The minimum atomic E-state index is 0.380. The lowest BCUT2D eigenvalue weighted by atomic mass is 9.97. The molecule has 24 heavy (non-hydrogen) atoms. The van der Waals surface area contributed by atoms with Crippen LogP contribution in [0, 0.1) is 0 Å². The lowest BCUT2D eigenvalue weighted by molar-refractivity contribution is 0.122. The van der Waals surface area contributed by atoms with E-state index in [9.17, 15) is 5.11 Å². The zero-order valence-corrected chi connectivity index (χ0v) is 13.5. The minimum Gasteiger partial charge on any atom is -0.507 e. The molecule has 0 atom stereocenters. The van der Waals surface area contributed by atoms with Gasteiger partial charge in [-0.1, -0.05) is 30.3 Å². The van der Waals surface area contributed by atoms with Gasteiger partial charge in [-0.15, -0.1) is 0 Å². The number of anilines is 1. The lowest BCUT2D eigenvalue weighted by Gasteiger charge is -2.29. The summed E-state index contributed by atoms with van der Waals surface area (Å²) in [5.41, 5.74) is 6.44. The van der Waals surface area contributed by atoms with E-state index < -0.39 is 0 Å². The summed E-state index contributed by atoms with van der Waals surface area (Å²) >= 11 is 0. The Balaban J connectivity index is 1.65. The van der Waals surface area contributed by atoms with Crippen molar-refractivity contribution in [2.45, 2.75) is 6.42 Å². The Morgan fingerprint density at radius 2 is 1.67 bits per heavy atom. The van der Waals surface area contributed by atoms with E-state index >= 15 is 0 Å². The van der Waals surface area contributed by atoms with E-state index in [4.69, 9.17) is 4.74 Å². The highest BCUT2D eigenvalue weighted by molar-refractivity contribution is 6.04. The van der Waals surface area contributed by atoms with Crippen LogP contribution in [0.4, 0.5) is 5.69 Å². The molecule has 3 nitrogen and oxygen atoms in total. The van der Waals surface area contributed by atoms with E-state index in [-0.39, 0.29) is 0 Å². The van der Waals surface area contributed by atoms with Crippen molar-refractivity contribution >= 4 is 16.5 Å². The molecule has 0 spiro atoms. The van der Waals surface area contributed by atoms with E-state index in [1.54, 1.807) is 0 Å². The molecule has 1 aliphatic carbocycles. The normalized spacial score (nSPS) is 16.2. The van der Waals surface area contributed by atoms with Crippen LogP contribution in [0.2, 0.25) is 0 Å². The Kier molecular flexibility index (Phi) is 3.03. The van der Waals surface area contributed by atoms with E-state index in [0.29, 0.717) is 5.75 Å². The zero-order valence-electron chi connectivity index (χ0n) is 13.5. The summed E-state index contributed by atoms with van der Waals surface area (Å²) in [4.78, 5) is 2.39. The summed E-state index contributed by atoms with van der Waals surface area (Å²) in [7, 11) is 0. The van der Waals surface area contributed by atoms with Crippen molar-refractivity contribution in [3.8, 4) is 16.9 Å². The van der Waals surface area contributed by atoms with Crippen LogP contribution in [0.25, 0.3) is 21.9 Å². The summed E-state index contributed by atoms with van der Waals surface area (Å²) in [5.74, 6) is 0.380. The SMILES string of the molecule is Oc1cc2c(c3ccccc13)-c1ccc(N3CCOCC3)cc1C2. The second kappa shape index (κ2) is 5.25. The molecule has 1 saturated heterocycles. The van der Waals surface area contributed by atoms with Gasteiger partial charge in [-0.25, -0.2) is 0 Å². The fourth-order valence-electron chi connectivity index (χ4n) is 4.06. The molecule has 0 amide bonds. The molecule has 0 aromatic heterocycles. The standard InChI is InChI=1S/C21H19NO2/c23-20-13-15-11-14-12-16(22-7-9-24-10-8-22)5-6-17(14)21(15)19-4-2-1-3-18(19)20/h1-6,12-13,23H,7-11H2. The van der Waals surface area contributed by atoms with E-state index in [2.05, 4.69) is 29.2 Å². The van der Waals surface area contributed by atoms with Crippen LogP contribution in [0.5, 0.6) is 5.75 Å². The van der Waals surface area contributed by atoms with Gasteiger partial charge < -0.3 is 14.7 Å². The molecule has 1 aliphatic heterocycles. The summed E-state index contributed by atoms with van der Waals surface area (Å²) in [6.07, 6.45) is 0.890. The molecule has 5 rings (SSSR count). The zero-order chi connectivity index (χ0) is 16.1. The molecule has 1 N–H and O–H groups in total. The molecule has 3 aromatic rings. The Morgan fingerprint density at radius 1 is 0.875 bits per heavy atom. The molecule has 1 heterocycles. The number of morpholine rings is 1. The average Bonchev–Trinajstić information content (AvgIpc) is 3.00. The molecule has 120 valence electrons. The fourth-order valence-corrected chi connectivity index (χ4v) is 4.06. The maximum atomic E-state index is 10.4. The number of rotatable bonds is 1. The van der Waals surface area contributed by atoms with Gasteiger partial charge in [-0.3, -0.25) is 0 Å². The predicted octanol–water partition coefficient (Wildman–Crippen LogP) is 3.95. The molecule has 0 radical (unpaired) electrons. The third-order valence-corrected chi connectivity index (χ3v) is 5.22. The molecule has 3 aromatic carbocycles. The molecule has 0 bridgehead atoms. The summed E-state index contributed by atoms with van der Waals surface area (Å²) in [6, 6.07) is 16.8. The first kappa shape index (κ1) is 13.9. The molecular weight excluding hydrogens is 298 g/mol. The molecular formula is C21H19NO2. The van der Waals surface area contributed by atoms with Crippen molar-refractivity contribution in [2.24, 2.45) is 0 Å².